The fourth-order valence-electron chi connectivity index (χ4n) is 3.33. The van der Waals surface area contributed by atoms with E-state index in [1.54, 1.807) is 12.1 Å². The molecule has 2 aliphatic heterocycles. The first-order valence-corrected chi connectivity index (χ1v) is 9.47. The molecule has 156 valence electrons. The quantitative estimate of drug-likeness (QED) is 0.364. The molecule has 0 saturated carbocycles. The lowest BCUT2D eigenvalue weighted by atomic mass is 10.1. The summed E-state index contributed by atoms with van der Waals surface area (Å²) in [5, 5.41) is 5.89. The molecule has 0 aliphatic carbocycles. The zero-order valence-electron chi connectivity index (χ0n) is 16.0. The highest BCUT2D eigenvalue weighted by atomic mass is 127. The molecule has 2 atom stereocenters. The van der Waals surface area contributed by atoms with Crippen LogP contribution in [0.2, 0.25) is 0 Å². The van der Waals surface area contributed by atoms with Crippen LogP contribution in [-0.2, 0) is 14.3 Å². The number of nitrogens with zero attached hydrogens (tertiary/aromatic N) is 2. The van der Waals surface area contributed by atoms with Crippen LogP contribution in [-0.4, -0.2) is 68.4 Å². The number of carbonyl (C=O) groups is 1. The van der Waals surface area contributed by atoms with E-state index in [9.17, 15) is 9.18 Å². The lowest BCUT2D eigenvalue weighted by Crippen LogP contribution is -2.53. The van der Waals surface area contributed by atoms with Crippen LogP contribution in [0.15, 0.2) is 29.3 Å². The van der Waals surface area contributed by atoms with Crippen molar-refractivity contribution < 1.29 is 18.7 Å². The molecule has 2 unspecified atom stereocenters. The van der Waals surface area contributed by atoms with Crippen molar-refractivity contribution in [1.29, 1.82) is 0 Å². The molecule has 0 spiro atoms. The Morgan fingerprint density at radius 2 is 2.14 bits per heavy atom. The standard InChI is InChI=1S/C19H27FN4O3.HI/c1-2-21-19(22-12-18(25)23-15-6-3-5-14(20)11-15)24-8-10-27-17(13-24)16-7-4-9-26-16;/h3,5-6,11,16-17H,2,4,7-10,12-13H2,1H3,(H,21,22)(H,23,25);1H. The van der Waals surface area contributed by atoms with Crippen LogP contribution in [0.1, 0.15) is 19.8 Å². The molecule has 1 aromatic carbocycles. The number of hydrogen-bond donors (Lipinski definition) is 2. The molecule has 0 aromatic heterocycles. The number of morpholine rings is 1. The second kappa shape index (κ2) is 11.5. The summed E-state index contributed by atoms with van der Waals surface area (Å²) in [5.41, 5.74) is 0.421. The minimum Gasteiger partial charge on any atom is -0.375 e. The lowest BCUT2D eigenvalue weighted by molar-refractivity contribution is -0.114. The van der Waals surface area contributed by atoms with Crippen molar-refractivity contribution in [3.63, 3.8) is 0 Å². The van der Waals surface area contributed by atoms with E-state index in [4.69, 9.17) is 9.47 Å². The molecular weight excluding hydrogens is 478 g/mol. The Bertz CT molecular complexity index is 670. The van der Waals surface area contributed by atoms with Gasteiger partial charge in [0.25, 0.3) is 0 Å². The number of aliphatic imine (C=N–C) groups is 1. The molecule has 2 N–H and O–H groups in total. The Morgan fingerprint density at radius 3 is 2.86 bits per heavy atom. The summed E-state index contributed by atoms with van der Waals surface area (Å²) >= 11 is 0. The Labute approximate surface area is 182 Å². The van der Waals surface area contributed by atoms with Crippen molar-refractivity contribution in [2.75, 3.05) is 44.7 Å². The molecule has 7 nitrogen and oxygen atoms in total. The highest BCUT2D eigenvalue weighted by molar-refractivity contribution is 14.0. The fraction of sp³-hybridized carbons (Fsp3) is 0.579. The maximum absolute atomic E-state index is 13.2. The Morgan fingerprint density at radius 1 is 1.32 bits per heavy atom. The van der Waals surface area contributed by atoms with E-state index in [0.29, 0.717) is 37.9 Å². The summed E-state index contributed by atoms with van der Waals surface area (Å²) in [5.74, 6) is -0.00346. The van der Waals surface area contributed by atoms with Crippen LogP contribution in [0.25, 0.3) is 0 Å². The average molecular weight is 506 g/mol. The summed E-state index contributed by atoms with van der Waals surface area (Å²) in [6, 6.07) is 5.81. The number of halogens is 2. The van der Waals surface area contributed by atoms with Gasteiger partial charge in [-0.15, -0.1) is 24.0 Å². The average Bonchev–Trinajstić information content (AvgIpc) is 3.20. The predicted molar refractivity (Wildman–Crippen MR) is 117 cm³/mol. The summed E-state index contributed by atoms with van der Waals surface area (Å²) in [7, 11) is 0. The predicted octanol–water partition coefficient (Wildman–Crippen LogP) is 2.23. The van der Waals surface area contributed by atoms with Crippen LogP contribution in [0.3, 0.4) is 0 Å². The van der Waals surface area contributed by atoms with Gasteiger partial charge in [0.15, 0.2) is 5.96 Å². The Hall–Kier alpha value is -1.46. The summed E-state index contributed by atoms with van der Waals surface area (Å²) in [6.45, 7) is 5.43. The minimum atomic E-state index is -0.391. The second-order valence-corrected chi connectivity index (χ2v) is 6.64. The first-order chi connectivity index (χ1) is 13.2. The van der Waals surface area contributed by atoms with E-state index in [1.165, 1.54) is 12.1 Å². The number of rotatable bonds is 5. The first-order valence-electron chi connectivity index (χ1n) is 9.47. The molecule has 2 heterocycles. The monoisotopic (exact) mass is 506 g/mol. The molecule has 1 amide bonds. The number of ether oxygens (including phenoxy) is 2. The third-order valence-electron chi connectivity index (χ3n) is 4.59. The number of benzene rings is 1. The van der Waals surface area contributed by atoms with Gasteiger partial charge in [0, 0.05) is 31.9 Å². The number of nitrogens with one attached hydrogen (secondary N) is 2. The number of anilines is 1. The molecule has 28 heavy (non-hydrogen) atoms. The lowest BCUT2D eigenvalue weighted by Gasteiger charge is -2.37. The fourth-order valence-corrected chi connectivity index (χ4v) is 3.33. The largest absolute Gasteiger partial charge is 0.375 e. The SMILES string of the molecule is CCNC(=NCC(=O)Nc1cccc(F)c1)N1CCOC(C2CCCO2)C1.I. The van der Waals surface area contributed by atoms with Gasteiger partial charge >= 0.3 is 0 Å². The molecule has 2 fully saturated rings. The van der Waals surface area contributed by atoms with Crippen LogP contribution >= 0.6 is 24.0 Å². The van der Waals surface area contributed by atoms with Gasteiger partial charge < -0.3 is 25.0 Å². The summed E-state index contributed by atoms with van der Waals surface area (Å²) < 4.78 is 24.8. The highest BCUT2D eigenvalue weighted by Crippen LogP contribution is 2.21. The summed E-state index contributed by atoms with van der Waals surface area (Å²) in [6.07, 6.45) is 2.24. The number of amides is 1. The molecule has 0 bridgehead atoms. The van der Waals surface area contributed by atoms with E-state index in [-0.39, 0.29) is 48.6 Å². The molecule has 2 saturated heterocycles. The Balaban J connectivity index is 0.00000280. The van der Waals surface area contributed by atoms with Crippen molar-refractivity contribution in [3.05, 3.63) is 30.1 Å². The third kappa shape index (κ3) is 6.56. The molecular formula is C19H28FIN4O3. The van der Waals surface area contributed by atoms with Crippen molar-refractivity contribution in [3.8, 4) is 0 Å². The van der Waals surface area contributed by atoms with E-state index in [0.717, 1.165) is 19.4 Å². The van der Waals surface area contributed by atoms with Gasteiger partial charge in [-0.25, -0.2) is 9.38 Å². The molecule has 1 aromatic rings. The first kappa shape index (κ1) is 22.8. The van der Waals surface area contributed by atoms with Gasteiger partial charge in [-0.1, -0.05) is 6.07 Å². The van der Waals surface area contributed by atoms with Crippen molar-refractivity contribution >= 4 is 41.5 Å². The molecule has 2 aliphatic rings. The van der Waals surface area contributed by atoms with Gasteiger partial charge in [0.2, 0.25) is 5.91 Å². The van der Waals surface area contributed by atoms with E-state index < -0.39 is 5.82 Å². The van der Waals surface area contributed by atoms with Crippen LogP contribution < -0.4 is 10.6 Å². The van der Waals surface area contributed by atoms with Gasteiger partial charge in [-0.3, -0.25) is 4.79 Å². The molecule has 3 rings (SSSR count). The van der Waals surface area contributed by atoms with E-state index in [2.05, 4.69) is 20.5 Å². The van der Waals surface area contributed by atoms with Crippen molar-refractivity contribution in [2.24, 2.45) is 4.99 Å². The topological polar surface area (TPSA) is 75.2 Å². The zero-order valence-corrected chi connectivity index (χ0v) is 18.4. The van der Waals surface area contributed by atoms with Gasteiger partial charge in [-0.05, 0) is 38.0 Å². The molecule has 9 heteroatoms. The van der Waals surface area contributed by atoms with Crippen LogP contribution in [0, 0.1) is 5.82 Å². The smallest absolute Gasteiger partial charge is 0.246 e. The van der Waals surface area contributed by atoms with E-state index in [1.807, 2.05) is 6.92 Å². The third-order valence-corrected chi connectivity index (χ3v) is 4.59. The highest BCUT2D eigenvalue weighted by Gasteiger charge is 2.32. The van der Waals surface area contributed by atoms with Crippen molar-refractivity contribution in [2.45, 2.75) is 32.0 Å². The number of hydrogen-bond acceptors (Lipinski definition) is 4. The Kier molecular flexibility index (Phi) is 9.39. The molecule has 0 radical (unpaired) electrons. The maximum atomic E-state index is 13.2. The normalized spacial score (nSPS) is 22.5. The van der Waals surface area contributed by atoms with Crippen LogP contribution in [0.5, 0.6) is 0 Å². The van der Waals surface area contributed by atoms with Gasteiger partial charge in [-0.2, -0.15) is 0 Å². The number of guanidine groups is 1. The van der Waals surface area contributed by atoms with Gasteiger partial charge in [0.1, 0.15) is 18.5 Å². The zero-order chi connectivity index (χ0) is 19.1. The second-order valence-electron chi connectivity index (χ2n) is 6.64. The minimum absolute atomic E-state index is 0. The van der Waals surface area contributed by atoms with Crippen molar-refractivity contribution in [1.82, 2.24) is 10.2 Å². The number of carbonyl (C=O) groups excluding carboxylic acids is 1. The summed E-state index contributed by atoms with van der Waals surface area (Å²) in [4.78, 5) is 18.7. The maximum Gasteiger partial charge on any atom is 0.246 e. The van der Waals surface area contributed by atoms with Crippen LogP contribution in [0.4, 0.5) is 10.1 Å². The van der Waals surface area contributed by atoms with E-state index >= 15 is 0 Å². The van der Waals surface area contributed by atoms with Gasteiger partial charge in [0.05, 0.1) is 12.7 Å².